The van der Waals surface area contributed by atoms with Gasteiger partial charge in [0.15, 0.2) is 0 Å². The van der Waals surface area contributed by atoms with Crippen molar-refractivity contribution >= 4 is 0 Å². The van der Waals surface area contributed by atoms with E-state index in [0.29, 0.717) is 11.1 Å². The van der Waals surface area contributed by atoms with Gasteiger partial charge in [-0.25, -0.2) is 8.78 Å². The molecule has 0 amide bonds. The fraction of sp³-hybridized carbons (Fsp3) is 0.0270. The number of phenols is 1. The summed E-state index contributed by atoms with van der Waals surface area (Å²) < 4.78 is 28.6. The first kappa shape index (κ1) is 27.5. The second-order valence-corrected chi connectivity index (χ2v) is 9.52. The first-order chi connectivity index (χ1) is 20.0. The van der Waals surface area contributed by atoms with Crippen LogP contribution in [0.2, 0.25) is 0 Å². The molecule has 6 rings (SSSR count). The molecule has 0 bridgehead atoms. The topological polar surface area (TPSA) is 40.5 Å². The van der Waals surface area contributed by atoms with Crippen molar-refractivity contribution in [1.29, 1.82) is 0 Å². The number of aliphatic hydroxyl groups is 1. The quantitative estimate of drug-likeness (QED) is 0.228. The van der Waals surface area contributed by atoms with Gasteiger partial charge in [-0.3, -0.25) is 0 Å². The van der Waals surface area contributed by atoms with Gasteiger partial charge in [0.1, 0.15) is 17.4 Å². The highest BCUT2D eigenvalue weighted by Gasteiger charge is 2.08. The van der Waals surface area contributed by atoms with Crippen LogP contribution in [0.25, 0.3) is 44.5 Å². The van der Waals surface area contributed by atoms with Gasteiger partial charge in [0, 0.05) is 11.1 Å². The highest BCUT2D eigenvalue weighted by molar-refractivity contribution is 5.72. The fourth-order valence-corrected chi connectivity index (χ4v) is 4.55. The van der Waals surface area contributed by atoms with Crippen LogP contribution in [0.4, 0.5) is 8.78 Å². The summed E-state index contributed by atoms with van der Waals surface area (Å²) in [5.41, 5.74) is 7.19. The van der Waals surface area contributed by atoms with E-state index in [1.807, 2.05) is 84.9 Å². The molecule has 202 valence electrons. The maximum Gasteiger partial charge on any atom is 0.131 e. The Hall–Kier alpha value is -5.06. The van der Waals surface area contributed by atoms with Gasteiger partial charge in [0.25, 0.3) is 0 Å². The Morgan fingerprint density at radius 3 is 1.20 bits per heavy atom. The van der Waals surface area contributed by atoms with Crippen molar-refractivity contribution in [2.24, 2.45) is 0 Å². The molecule has 0 aliphatic carbocycles. The van der Waals surface area contributed by atoms with Crippen LogP contribution in [0.1, 0.15) is 5.56 Å². The summed E-state index contributed by atoms with van der Waals surface area (Å²) in [6, 6.07) is 43.7. The zero-order chi connectivity index (χ0) is 28.6. The van der Waals surface area contributed by atoms with Crippen molar-refractivity contribution in [3.8, 4) is 50.3 Å². The van der Waals surface area contributed by atoms with Gasteiger partial charge in [0.05, 0.1) is 6.61 Å². The van der Waals surface area contributed by atoms with E-state index in [2.05, 4.69) is 0 Å². The maximum atomic E-state index is 14.4. The van der Waals surface area contributed by atoms with Gasteiger partial charge in [-0.15, -0.1) is 0 Å². The molecule has 0 radical (unpaired) electrons. The number of hydrogen-bond donors (Lipinski definition) is 2. The van der Waals surface area contributed by atoms with E-state index in [4.69, 9.17) is 5.11 Å². The molecule has 0 saturated carbocycles. The second-order valence-electron chi connectivity index (χ2n) is 9.52. The lowest BCUT2D eigenvalue weighted by atomic mass is 9.99. The highest BCUT2D eigenvalue weighted by atomic mass is 19.1. The molecule has 0 spiro atoms. The SMILES string of the molecule is OCc1ccc(-c2ccc(-c3ccccc3)cc2F)cc1.Oc1ccc(-c2ccc(-c3ccccc3)cc2F)cc1. The molecule has 4 heteroatoms. The third kappa shape index (κ3) is 6.75. The number of hydrogen-bond acceptors (Lipinski definition) is 2. The number of benzene rings is 6. The van der Waals surface area contributed by atoms with E-state index in [1.165, 1.54) is 6.07 Å². The maximum absolute atomic E-state index is 14.4. The Balaban J connectivity index is 0.000000165. The lowest BCUT2D eigenvalue weighted by molar-refractivity contribution is 0.282. The van der Waals surface area contributed by atoms with Crippen molar-refractivity contribution in [2.75, 3.05) is 0 Å². The van der Waals surface area contributed by atoms with Crippen LogP contribution >= 0.6 is 0 Å². The lowest BCUT2D eigenvalue weighted by Gasteiger charge is -2.07. The number of halogens is 2. The molecule has 0 unspecified atom stereocenters. The van der Waals surface area contributed by atoms with Gasteiger partial charge in [-0.1, -0.05) is 121 Å². The van der Waals surface area contributed by atoms with Crippen molar-refractivity contribution in [3.05, 3.63) is 163 Å². The fourth-order valence-electron chi connectivity index (χ4n) is 4.55. The minimum absolute atomic E-state index is 0.00426. The summed E-state index contributed by atoms with van der Waals surface area (Å²) in [5, 5.41) is 18.3. The van der Waals surface area contributed by atoms with Gasteiger partial charge < -0.3 is 10.2 Å². The third-order valence-corrected chi connectivity index (χ3v) is 6.78. The normalized spacial score (nSPS) is 10.5. The minimum Gasteiger partial charge on any atom is -0.508 e. The molecule has 0 heterocycles. The molecular weight excluding hydrogens is 514 g/mol. The molecule has 0 aromatic heterocycles. The molecule has 41 heavy (non-hydrogen) atoms. The van der Waals surface area contributed by atoms with E-state index < -0.39 is 0 Å². The van der Waals surface area contributed by atoms with E-state index in [0.717, 1.165) is 38.9 Å². The third-order valence-electron chi connectivity index (χ3n) is 6.78. The van der Waals surface area contributed by atoms with Gasteiger partial charge in [-0.05, 0) is 63.2 Å². The smallest absolute Gasteiger partial charge is 0.131 e. The van der Waals surface area contributed by atoms with Crippen molar-refractivity contribution < 1.29 is 19.0 Å². The predicted molar refractivity (Wildman–Crippen MR) is 162 cm³/mol. The summed E-state index contributed by atoms with van der Waals surface area (Å²) in [7, 11) is 0. The van der Waals surface area contributed by atoms with Crippen molar-refractivity contribution in [1.82, 2.24) is 0 Å². The summed E-state index contributed by atoms with van der Waals surface area (Å²) in [6.45, 7) is -0.00426. The number of aliphatic hydroxyl groups excluding tert-OH is 1. The first-order valence-electron chi connectivity index (χ1n) is 13.2. The molecule has 2 nitrogen and oxygen atoms in total. The van der Waals surface area contributed by atoms with Gasteiger partial charge >= 0.3 is 0 Å². The number of aromatic hydroxyl groups is 1. The van der Waals surface area contributed by atoms with Crippen LogP contribution in [0.3, 0.4) is 0 Å². The molecule has 6 aromatic carbocycles. The predicted octanol–water partition coefficient (Wildman–Crippen LogP) is 9.52. The van der Waals surface area contributed by atoms with Crippen LogP contribution in [0, 0.1) is 11.6 Å². The van der Waals surface area contributed by atoms with Crippen molar-refractivity contribution in [2.45, 2.75) is 6.61 Å². The van der Waals surface area contributed by atoms with E-state index >= 15 is 0 Å². The summed E-state index contributed by atoms with van der Waals surface area (Å²) in [5.74, 6) is -0.333. The Morgan fingerprint density at radius 1 is 0.415 bits per heavy atom. The largest absolute Gasteiger partial charge is 0.508 e. The van der Waals surface area contributed by atoms with Gasteiger partial charge in [0.2, 0.25) is 0 Å². The zero-order valence-corrected chi connectivity index (χ0v) is 22.2. The average Bonchev–Trinajstić information content (AvgIpc) is 3.03. The second kappa shape index (κ2) is 12.9. The molecule has 0 fully saturated rings. The molecule has 0 aliphatic rings. The monoisotopic (exact) mass is 542 g/mol. The lowest BCUT2D eigenvalue weighted by Crippen LogP contribution is -1.88. The van der Waals surface area contributed by atoms with Crippen LogP contribution in [-0.2, 0) is 6.61 Å². The molecule has 0 atom stereocenters. The molecule has 0 saturated heterocycles. The summed E-state index contributed by atoms with van der Waals surface area (Å²) >= 11 is 0. The molecule has 0 aliphatic heterocycles. The number of rotatable bonds is 5. The summed E-state index contributed by atoms with van der Waals surface area (Å²) in [6.07, 6.45) is 0. The molecule has 6 aromatic rings. The zero-order valence-electron chi connectivity index (χ0n) is 22.2. The Kier molecular flexibility index (Phi) is 8.63. The Morgan fingerprint density at radius 2 is 0.805 bits per heavy atom. The van der Waals surface area contributed by atoms with Crippen LogP contribution < -0.4 is 0 Å². The standard InChI is InChI=1S/C19H15FO.C18H13FO/c20-19-12-17(15-4-2-1-3-5-15)10-11-18(19)16-8-6-14(13-21)7-9-16;19-18-12-15(13-4-2-1-3-5-13)8-11-17(18)14-6-9-16(20)10-7-14/h1-12,21H,13H2;1-12,20H. The number of phenolic OH excluding ortho intramolecular Hbond substituents is 1. The van der Waals surface area contributed by atoms with Crippen LogP contribution in [0.5, 0.6) is 5.75 Å². The molecular formula is C37H28F2O2. The van der Waals surface area contributed by atoms with Crippen LogP contribution in [-0.4, -0.2) is 10.2 Å². The average molecular weight is 543 g/mol. The summed E-state index contributed by atoms with van der Waals surface area (Å²) in [4.78, 5) is 0. The van der Waals surface area contributed by atoms with E-state index in [-0.39, 0.29) is 24.0 Å². The van der Waals surface area contributed by atoms with Gasteiger partial charge in [-0.2, -0.15) is 0 Å². The minimum atomic E-state index is -0.267. The Labute approximate surface area is 238 Å². The molecule has 2 N–H and O–H groups in total. The van der Waals surface area contributed by atoms with Crippen molar-refractivity contribution in [3.63, 3.8) is 0 Å². The first-order valence-corrected chi connectivity index (χ1v) is 13.2. The Bertz CT molecular complexity index is 1710. The van der Waals surface area contributed by atoms with Crippen LogP contribution in [0.15, 0.2) is 146 Å². The van der Waals surface area contributed by atoms with E-state index in [9.17, 15) is 13.9 Å². The highest BCUT2D eigenvalue weighted by Crippen LogP contribution is 2.30. The van der Waals surface area contributed by atoms with E-state index in [1.54, 1.807) is 54.6 Å².